The van der Waals surface area contributed by atoms with Gasteiger partial charge in [-0.2, -0.15) is 0 Å². The zero-order valence-corrected chi connectivity index (χ0v) is 12.0. The molecule has 2 aromatic rings. The first-order valence-corrected chi connectivity index (χ1v) is 7.26. The van der Waals surface area contributed by atoms with Gasteiger partial charge in [-0.25, -0.2) is 0 Å². The van der Waals surface area contributed by atoms with Gasteiger partial charge in [-0.15, -0.1) is 0 Å². The zero-order valence-electron chi connectivity index (χ0n) is 12.0. The summed E-state index contributed by atoms with van der Waals surface area (Å²) in [7, 11) is 0. The van der Waals surface area contributed by atoms with Gasteiger partial charge in [0.1, 0.15) is 0 Å². The molecule has 1 atom stereocenters. The lowest BCUT2D eigenvalue weighted by molar-refractivity contribution is -0.122. The molecule has 2 rings (SSSR count). The second-order valence-corrected chi connectivity index (χ2v) is 5.12. The van der Waals surface area contributed by atoms with Gasteiger partial charge in [0.15, 0.2) is 0 Å². The Bertz CT molecular complexity index is 540. The lowest BCUT2D eigenvalue weighted by Crippen LogP contribution is -2.39. The van der Waals surface area contributed by atoms with Crippen molar-refractivity contribution in [3.05, 3.63) is 71.8 Å². The van der Waals surface area contributed by atoms with E-state index in [9.17, 15) is 9.90 Å². The van der Waals surface area contributed by atoms with Crippen molar-refractivity contribution in [3.63, 3.8) is 0 Å². The maximum Gasteiger partial charge on any atom is 0.220 e. The van der Waals surface area contributed by atoms with E-state index in [0.717, 1.165) is 17.5 Å². The van der Waals surface area contributed by atoms with Crippen molar-refractivity contribution in [2.75, 3.05) is 6.61 Å². The summed E-state index contributed by atoms with van der Waals surface area (Å²) in [6.07, 6.45) is 1.81. The molecule has 3 heteroatoms. The second kappa shape index (κ2) is 8.22. The Kier molecular flexibility index (Phi) is 5.98. The highest BCUT2D eigenvalue weighted by atomic mass is 16.3. The molecular formula is C18H21NO2. The molecule has 0 radical (unpaired) electrons. The van der Waals surface area contributed by atoms with Crippen LogP contribution in [0.5, 0.6) is 0 Å². The monoisotopic (exact) mass is 283 g/mol. The largest absolute Gasteiger partial charge is 0.394 e. The van der Waals surface area contributed by atoms with E-state index in [1.54, 1.807) is 0 Å². The molecule has 0 saturated carbocycles. The molecule has 0 spiro atoms. The van der Waals surface area contributed by atoms with E-state index in [1.165, 1.54) is 0 Å². The topological polar surface area (TPSA) is 49.3 Å². The predicted octanol–water partition coefficient (Wildman–Crippen LogP) is 2.34. The fraction of sp³-hybridized carbons (Fsp3) is 0.278. The molecule has 0 heterocycles. The predicted molar refractivity (Wildman–Crippen MR) is 83.9 cm³/mol. The van der Waals surface area contributed by atoms with E-state index < -0.39 is 0 Å². The summed E-state index contributed by atoms with van der Waals surface area (Å²) in [6, 6.07) is 19.6. The summed E-state index contributed by atoms with van der Waals surface area (Å²) in [4.78, 5) is 12.0. The molecule has 1 amide bonds. The third-order valence-corrected chi connectivity index (χ3v) is 3.39. The standard InChI is InChI=1S/C18H21NO2/c20-14-17(13-16-9-5-2-6-10-16)19-18(21)12-11-15-7-3-1-4-8-15/h1-10,17,20H,11-14H2,(H,19,21)/t17-/m0/s1. The van der Waals surface area contributed by atoms with E-state index in [2.05, 4.69) is 5.32 Å². The van der Waals surface area contributed by atoms with E-state index >= 15 is 0 Å². The maximum absolute atomic E-state index is 12.0. The van der Waals surface area contributed by atoms with E-state index in [4.69, 9.17) is 0 Å². The molecule has 0 aliphatic rings. The normalized spacial score (nSPS) is 11.9. The fourth-order valence-corrected chi connectivity index (χ4v) is 2.26. The number of aliphatic hydroxyl groups is 1. The molecule has 110 valence electrons. The van der Waals surface area contributed by atoms with Crippen LogP contribution in [0.2, 0.25) is 0 Å². The van der Waals surface area contributed by atoms with Crippen molar-refractivity contribution in [3.8, 4) is 0 Å². The first-order valence-electron chi connectivity index (χ1n) is 7.26. The quantitative estimate of drug-likeness (QED) is 0.819. The minimum atomic E-state index is -0.226. The van der Waals surface area contributed by atoms with Crippen LogP contribution in [0.25, 0.3) is 0 Å². The van der Waals surface area contributed by atoms with Crippen LogP contribution in [-0.4, -0.2) is 23.7 Å². The average Bonchev–Trinajstić information content (AvgIpc) is 2.54. The first-order chi connectivity index (χ1) is 10.3. The molecule has 0 aromatic heterocycles. The summed E-state index contributed by atoms with van der Waals surface area (Å²) in [6.45, 7) is -0.0496. The number of carbonyl (C=O) groups is 1. The lowest BCUT2D eigenvalue weighted by Gasteiger charge is -2.16. The highest BCUT2D eigenvalue weighted by Crippen LogP contribution is 2.05. The second-order valence-electron chi connectivity index (χ2n) is 5.12. The summed E-state index contributed by atoms with van der Waals surface area (Å²) in [5, 5.41) is 12.3. The zero-order chi connectivity index (χ0) is 14.9. The third-order valence-electron chi connectivity index (χ3n) is 3.39. The Morgan fingerprint density at radius 1 is 0.952 bits per heavy atom. The Morgan fingerprint density at radius 3 is 2.10 bits per heavy atom. The van der Waals surface area contributed by atoms with Gasteiger partial charge in [0.05, 0.1) is 12.6 Å². The smallest absolute Gasteiger partial charge is 0.220 e. The van der Waals surface area contributed by atoms with Crippen LogP contribution in [0.1, 0.15) is 17.5 Å². The number of aryl methyl sites for hydroxylation is 1. The summed E-state index contributed by atoms with van der Waals surface area (Å²) >= 11 is 0. The number of aliphatic hydroxyl groups excluding tert-OH is 1. The maximum atomic E-state index is 12.0. The van der Waals surface area contributed by atoms with Gasteiger partial charge in [0.25, 0.3) is 0 Å². The number of rotatable bonds is 7. The molecule has 0 aliphatic carbocycles. The number of amides is 1. The number of hydrogen-bond donors (Lipinski definition) is 2. The average molecular weight is 283 g/mol. The van der Waals surface area contributed by atoms with E-state index in [-0.39, 0.29) is 18.6 Å². The van der Waals surface area contributed by atoms with Gasteiger partial charge in [0, 0.05) is 6.42 Å². The molecule has 0 fully saturated rings. The molecule has 2 N–H and O–H groups in total. The summed E-state index contributed by atoms with van der Waals surface area (Å²) in [5.74, 6) is -0.0196. The Balaban J connectivity index is 1.80. The van der Waals surface area contributed by atoms with Crippen LogP contribution in [0, 0.1) is 0 Å². The Morgan fingerprint density at radius 2 is 1.52 bits per heavy atom. The lowest BCUT2D eigenvalue weighted by atomic mass is 10.1. The molecule has 0 unspecified atom stereocenters. The van der Waals surface area contributed by atoms with Crippen molar-refractivity contribution < 1.29 is 9.90 Å². The van der Waals surface area contributed by atoms with Crippen molar-refractivity contribution in [1.82, 2.24) is 5.32 Å². The Hall–Kier alpha value is -2.13. The number of hydrogen-bond acceptors (Lipinski definition) is 2. The molecule has 2 aromatic carbocycles. The van der Waals surface area contributed by atoms with Gasteiger partial charge in [-0.3, -0.25) is 4.79 Å². The van der Waals surface area contributed by atoms with Crippen molar-refractivity contribution >= 4 is 5.91 Å². The van der Waals surface area contributed by atoms with Crippen LogP contribution in [0.3, 0.4) is 0 Å². The molecule has 0 aliphatic heterocycles. The number of nitrogens with one attached hydrogen (secondary N) is 1. The van der Waals surface area contributed by atoms with Crippen LogP contribution in [0.15, 0.2) is 60.7 Å². The van der Waals surface area contributed by atoms with Crippen LogP contribution >= 0.6 is 0 Å². The van der Waals surface area contributed by atoms with Crippen LogP contribution < -0.4 is 5.32 Å². The highest BCUT2D eigenvalue weighted by Gasteiger charge is 2.12. The minimum absolute atomic E-state index is 0.0196. The summed E-state index contributed by atoms with van der Waals surface area (Å²) < 4.78 is 0. The van der Waals surface area contributed by atoms with Gasteiger partial charge in [-0.05, 0) is 24.0 Å². The van der Waals surface area contributed by atoms with Crippen molar-refractivity contribution in [2.45, 2.75) is 25.3 Å². The molecular weight excluding hydrogens is 262 g/mol. The summed E-state index contributed by atoms with van der Waals surface area (Å²) in [5.41, 5.74) is 2.26. The van der Waals surface area contributed by atoms with Gasteiger partial charge >= 0.3 is 0 Å². The van der Waals surface area contributed by atoms with E-state index in [1.807, 2.05) is 60.7 Å². The molecule has 0 bridgehead atoms. The SMILES string of the molecule is O=C(CCc1ccccc1)N[C@H](CO)Cc1ccccc1. The third kappa shape index (κ3) is 5.40. The van der Waals surface area contributed by atoms with Crippen LogP contribution in [0.4, 0.5) is 0 Å². The van der Waals surface area contributed by atoms with Gasteiger partial charge in [-0.1, -0.05) is 60.7 Å². The van der Waals surface area contributed by atoms with E-state index in [0.29, 0.717) is 12.8 Å². The first kappa shape index (κ1) is 15.3. The van der Waals surface area contributed by atoms with Crippen LogP contribution in [-0.2, 0) is 17.6 Å². The fourth-order valence-electron chi connectivity index (χ4n) is 2.26. The van der Waals surface area contributed by atoms with Gasteiger partial charge in [0.2, 0.25) is 5.91 Å². The van der Waals surface area contributed by atoms with Crippen molar-refractivity contribution in [1.29, 1.82) is 0 Å². The highest BCUT2D eigenvalue weighted by molar-refractivity contribution is 5.76. The van der Waals surface area contributed by atoms with Gasteiger partial charge < -0.3 is 10.4 Å². The number of benzene rings is 2. The Labute approximate surface area is 125 Å². The van der Waals surface area contributed by atoms with Crippen molar-refractivity contribution in [2.24, 2.45) is 0 Å². The molecule has 3 nitrogen and oxygen atoms in total. The molecule has 21 heavy (non-hydrogen) atoms. The minimum Gasteiger partial charge on any atom is -0.394 e. The molecule has 0 saturated heterocycles. The number of carbonyl (C=O) groups excluding carboxylic acids is 1.